The number of piperidine rings is 2. The molecule has 2 aliphatic carbocycles. The fraction of sp³-hybridized carbons (Fsp3) is 0.591. The molecule has 2 saturated carbocycles. The van der Waals surface area contributed by atoms with E-state index in [0.29, 0.717) is 22.1 Å². The van der Waals surface area contributed by atoms with Gasteiger partial charge in [-0.1, -0.05) is 48.2 Å². The van der Waals surface area contributed by atoms with Crippen LogP contribution in [0.4, 0.5) is 11.9 Å². The summed E-state index contributed by atoms with van der Waals surface area (Å²) in [4.78, 5) is 23.3. The molecule has 2 N–H and O–H groups in total. The second kappa shape index (κ2) is 17.9. The van der Waals surface area contributed by atoms with Crippen LogP contribution in [0.15, 0.2) is 55.4 Å². The third-order valence-corrected chi connectivity index (χ3v) is 18.3. The second-order valence-electron chi connectivity index (χ2n) is 19.3. The highest BCUT2D eigenvalue weighted by Crippen LogP contribution is 2.49. The lowest BCUT2D eigenvalue weighted by Gasteiger charge is -2.44. The number of rotatable bonds is 7. The van der Waals surface area contributed by atoms with Gasteiger partial charge >= 0.3 is 0 Å². The molecule has 12 nitrogen and oxygen atoms in total. The van der Waals surface area contributed by atoms with Crippen molar-refractivity contribution in [1.29, 1.82) is 0 Å². The van der Waals surface area contributed by atoms with Crippen molar-refractivity contribution < 1.29 is 8.42 Å². The number of nitrogens with zero attached hydrogens (tertiary/aromatic N) is 8. The Balaban J connectivity index is 0.000000173. The standard InChI is InChI=1S/C25H31Cl2N5OS.C19H28IN5OS/c1-24(2,3)34(33)30-20-8-5-9-25(20)10-13-31(14-11-25)23-29-16-18(22-28-12-15-32(22)23)17-6-4-7-19(26)21(17)27;1-18(2,3)27(26)23-15-5-4-6-19(15)7-10-24(11-8-19)17-22-13-14(20)16-21-9-12-25(16)17/h4,6-7,12,15-16,20,30H,5,8-11,13-14H2,1-3H3;9,12-13,15,23H,4-8,10-11H2,1-3H3/t20-,34-;15-,27-/m11/s1. The molecule has 17 heteroatoms. The monoisotopic (exact) mass is 1020 g/mol. The second-order valence-corrected chi connectivity index (χ2v) is 25.3. The zero-order valence-corrected chi connectivity index (χ0v) is 41.4. The lowest BCUT2D eigenvalue weighted by molar-refractivity contribution is 0.187. The molecule has 6 heterocycles. The Morgan fingerprint density at radius 2 is 1.15 bits per heavy atom. The number of aromatic nitrogens is 6. The number of hydrogen-bond acceptors (Lipinski definition) is 8. The molecule has 2 spiro atoms. The summed E-state index contributed by atoms with van der Waals surface area (Å²) >= 11 is 15.0. The Labute approximate surface area is 389 Å². The van der Waals surface area contributed by atoms with E-state index in [9.17, 15) is 8.42 Å². The van der Waals surface area contributed by atoms with Crippen LogP contribution >= 0.6 is 45.8 Å². The minimum atomic E-state index is -1.05. The van der Waals surface area contributed by atoms with E-state index in [2.05, 4.69) is 56.2 Å². The Hall–Kier alpha value is -2.41. The largest absolute Gasteiger partial charge is 0.342 e. The molecule has 0 unspecified atom stereocenters. The first-order valence-electron chi connectivity index (χ1n) is 21.6. The molecule has 330 valence electrons. The zero-order valence-electron chi connectivity index (χ0n) is 36.1. The van der Waals surface area contributed by atoms with Crippen LogP contribution < -0.4 is 19.2 Å². The minimum Gasteiger partial charge on any atom is -0.342 e. The summed E-state index contributed by atoms with van der Waals surface area (Å²) in [6.07, 6.45) is 22.8. The molecular formula is C44H59Cl2IN10O2S2. The van der Waals surface area contributed by atoms with Gasteiger partial charge in [0, 0.05) is 86.6 Å². The molecule has 4 aliphatic rings. The van der Waals surface area contributed by atoms with Crippen LogP contribution in [0.2, 0.25) is 10.0 Å². The van der Waals surface area contributed by atoms with Gasteiger partial charge in [0.15, 0.2) is 5.65 Å². The van der Waals surface area contributed by atoms with Crippen LogP contribution in [-0.4, -0.2) is 84.9 Å². The molecule has 2 saturated heterocycles. The summed E-state index contributed by atoms with van der Waals surface area (Å²) in [6.45, 7) is 16.0. The number of anilines is 2. The molecule has 61 heavy (non-hydrogen) atoms. The minimum absolute atomic E-state index is 0.208. The first-order valence-corrected chi connectivity index (χ1v) is 25.7. The van der Waals surface area contributed by atoms with Gasteiger partial charge in [-0.25, -0.2) is 37.8 Å². The van der Waals surface area contributed by atoms with Crippen LogP contribution in [0.25, 0.3) is 22.4 Å². The lowest BCUT2D eigenvalue weighted by atomic mass is 9.74. The van der Waals surface area contributed by atoms with Gasteiger partial charge in [-0.15, -0.1) is 0 Å². The molecular weight excluding hydrogens is 962 g/mol. The van der Waals surface area contributed by atoms with Crippen LogP contribution in [-0.2, 0) is 22.0 Å². The first-order chi connectivity index (χ1) is 29.0. The summed E-state index contributed by atoms with van der Waals surface area (Å²) in [5.74, 6) is 1.88. The topological polar surface area (TPSA) is 125 Å². The van der Waals surface area contributed by atoms with Gasteiger partial charge in [0.2, 0.25) is 11.9 Å². The van der Waals surface area contributed by atoms with Gasteiger partial charge in [-0.2, -0.15) is 0 Å². The predicted molar refractivity (Wildman–Crippen MR) is 259 cm³/mol. The highest BCUT2D eigenvalue weighted by molar-refractivity contribution is 14.1. The molecule has 5 aromatic rings. The summed E-state index contributed by atoms with van der Waals surface area (Å²) in [5.41, 5.74) is 3.96. The molecule has 2 aliphatic heterocycles. The number of halogens is 3. The van der Waals surface area contributed by atoms with E-state index in [1.54, 1.807) is 12.3 Å². The van der Waals surface area contributed by atoms with E-state index in [1.807, 2.05) is 89.1 Å². The highest BCUT2D eigenvalue weighted by atomic mass is 127. The van der Waals surface area contributed by atoms with E-state index in [1.165, 1.54) is 25.7 Å². The third kappa shape index (κ3) is 9.13. The first kappa shape index (κ1) is 45.2. The maximum Gasteiger partial charge on any atom is 0.211 e. The van der Waals surface area contributed by atoms with Gasteiger partial charge in [0.05, 0.1) is 45.1 Å². The molecule has 0 bridgehead atoms. The smallest absolute Gasteiger partial charge is 0.211 e. The maximum atomic E-state index is 12.8. The van der Waals surface area contributed by atoms with Crippen molar-refractivity contribution in [3.8, 4) is 11.1 Å². The Morgan fingerprint density at radius 3 is 1.66 bits per heavy atom. The number of fused-ring (bicyclic) bond motifs is 2. The summed E-state index contributed by atoms with van der Waals surface area (Å²) < 4.78 is 37.2. The molecule has 4 atom stereocenters. The van der Waals surface area contributed by atoms with Crippen LogP contribution in [0, 0.1) is 14.4 Å². The average Bonchev–Trinajstić information content (AvgIpc) is 4.05. The SMILES string of the molecule is CC(C)(C)[S@@](=O)N[C@@H]1CCCC12CCN(c1ncc(-c3cccc(Cl)c3Cl)c3nccn13)CC2.CC(C)(C)[S@@](=O)N[C@@H]1CCCC12CCN(c1ncc(I)c3nccn13)CC2. The van der Waals surface area contributed by atoms with Gasteiger partial charge in [-0.05, 0) is 132 Å². The molecule has 0 amide bonds. The Kier molecular flexibility index (Phi) is 13.2. The van der Waals surface area contributed by atoms with Crippen LogP contribution in [0.1, 0.15) is 106 Å². The molecule has 1 aromatic carbocycles. The van der Waals surface area contributed by atoms with Crippen molar-refractivity contribution in [3.63, 3.8) is 0 Å². The van der Waals surface area contributed by atoms with Crippen molar-refractivity contribution >= 4 is 91.0 Å². The molecule has 0 radical (unpaired) electrons. The van der Waals surface area contributed by atoms with Gasteiger partial charge in [0.25, 0.3) is 0 Å². The highest BCUT2D eigenvalue weighted by Gasteiger charge is 2.47. The lowest BCUT2D eigenvalue weighted by Crippen LogP contribution is -2.51. The number of hydrogen-bond donors (Lipinski definition) is 2. The Bertz CT molecular complexity index is 2410. The quantitative estimate of drug-likeness (QED) is 0.155. The van der Waals surface area contributed by atoms with Crippen molar-refractivity contribution in [1.82, 2.24) is 38.2 Å². The average molecular weight is 1020 g/mol. The maximum absolute atomic E-state index is 12.8. The van der Waals surface area contributed by atoms with E-state index in [-0.39, 0.29) is 20.3 Å². The van der Waals surface area contributed by atoms with E-state index in [4.69, 9.17) is 33.2 Å². The van der Waals surface area contributed by atoms with Crippen molar-refractivity contribution in [2.45, 2.75) is 127 Å². The molecule has 9 rings (SSSR count). The predicted octanol–water partition coefficient (Wildman–Crippen LogP) is 9.42. The summed E-state index contributed by atoms with van der Waals surface area (Å²) in [5, 5.41) is 1.03. The van der Waals surface area contributed by atoms with Crippen LogP contribution in [0.3, 0.4) is 0 Å². The van der Waals surface area contributed by atoms with E-state index in [0.717, 1.165) is 103 Å². The zero-order chi connectivity index (χ0) is 43.3. The Morgan fingerprint density at radius 1 is 0.672 bits per heavy atom. The fourth-order valence-corrected chi connectivity index (χ4v) is 12.8. The van der Waals surface area contributed by atoms with Gasteiger partial charge in [-0.3, -0.25) is 8.80 Å². The number of benzene rings is 1. The fourth-order valence-electron chi connectivity index (χ4n) is 9.91. The molecule has 4 fully saturated rings. The van der Waals surface area contributed by atoms with Crippen molar-refractivity contribution in [2.24, 2.45) is 10.8 Å². The van der Waals surface area contributed by atoms with Gasteiger partial charge < -0.3 is 9.80 Å². The molecule has 4 aromatic heterocycles. The normalized spacial score (nSPS) is 22.6. The van der Waals surface area contributed by atoms with E-state index < -0.39 is 22.0 Å². The summed E-state index contributed by atoms with van der Waals surface area (Å²) in [6, 6.07) is 6.28. The number of nitrogens with one attached hydrogen (secondary N) is 2. The summed E-state index contributed by atoms with van der Waals surface area (Å²) in [7, 11) is -2.05. The van der Waals surface area contributed by atoms with Crippen molar-refractivity contribution in [3.05, 3.63) is 69.0 Å². The van der Waals surface area contributed by atoms with Crippen LogP contribution in [0.5, 0.6) is 0 Å². The van der Waals surface area contributed by atoms with Gasteiger partial charge in [0.1, 0.15) is 5.65 Å². The van der Waals surface area contributed by atoms with E-state index >= 15 is 0 Å². The third-order valence-electron chi connectivity index (χ3n) is 13.5. The van der Waals surface area contributed by atoms with Crippen molar-refractivity contribution in [2.75, 3.05) is 36.0 Å². The number of imidazole rings is 2.